The molecule has 1 aromatic rings. The SMILES string of the molecule is CN(C)CCCNC(=O)CCCNC(=O)c1ccco1. The van der Waals surface area contributed by atoms with Crippen LogP contribution in [0, 0.1) is 0 Å². The van der Waals surface area contributed by atoms with Gasteiger partial charge in [-0.15, -0.1) is 0 Å². The fraction of sp³-hybridized carbons (Fsp3) is 0.571. The minimum atomic E-state index is -0.249. The van der Waals surface area contributed by atoms with E-state index >= 15 is 0 Å². The molecule has 0 spiro atoms. The van der Waals surface area contributed by atoms with Crippen molar-refractivity contribution in [2.24, 2.45) is 0 Å². The number of carbonyl (C=O) groups excluding carboxylic acids is 2. The van der Waals surface area contributed by atoms with Gasteiger partial charge < -0.3 is 20.0 Å². The van der Waals surface area contributed by atoms with E-state index in [4.69, 9.17) is 4.42 Å². The van der Waals surface area contributed by atoms with Gasteiger partial charge >= 0.3 is 0 Å². The third-order valence-corrected chi connectivity index (χ3v) is 2.72. The Morgan fingerprint density at radius 1 is 1.20 bits per heavy atom. The lowest BCUT2D eigenvalue weighted by molar-refractivity contribution is -0.121. The van der Waals surface area contributed by atoms with Gasteiger partial charge in [-0.25, -0.2) is 0 Å². The second-order valence-electron chi connectivity index (χ2n) is 4.84. The molecular formula is C14H23N3O3. The van der Waals surface area contributed by atoms with Crippen LogP contribution in [0.4, 0.5) is 0 Å². The van der Waals surface area contributed by atoms with Gasteiger partial charge in [-0.2, -0.15) is 0 Å². The van der Waals surface area contributed by atoms with Crippen LogP contribution in [0.15, 0.2) is 22.8 Å². The van der Waals surface area contributed by atoms with E-state index in [1.807, 2.05) is 14.1 Å². The summed E-state index contributed by atoms with van der Waals surface area (Å²) in [6.07, 6.45) is 3.43. The molecule has 112 valence electrons. The molecule has 0 fully saturated rings. The summed E-state index contributed by atoms with van der Waals surface area (Å²) in [6, 6.07) is 3.27. The first-order valence-corrected chi connectivity index (χ1v) is 6.82. The van der Waals surface area contributed by atoms with Crippen LogP contribution >= 0.6 is 0 Å². The highest BCUT2D eigenvalue weighted by Crippen LogP contribution is 1.99. The van der Waals surface area contributed by atoms with Crippen molar-refractivity contribution in [3.8, 4) is 0 Å². The largest absolute Gasteiger partial charge is 0.459 e. The smallest absolute Gasteiger partial charge is 0.286 e. The standard InChI is InChI=1S/C14H23N3O3/c1-17(2)10-5-9-15-13(18)7-3-8-16-14(19)12-6-4-11-20-12/h4,6,11H,3,5,7-10H2,1-2H3,(H,15,18)(H,16,19). The van der Waals surface area contributed by atoms with Gasteiger partial charge in [0.1, 0.15) is 0 Å². The van der Waals surface area contributed by atoms with E-state index in [1.165, 1.54) is 6.26 Å². The molecule has 1 rings (SSSR count). The van der Waals surface area contributed by atoms with Crippen LogP contribution in [0.3, 0.4) is 0 Å². The van der Waals surface area contributed by atoms with Crippen LogP contribution in [-0.2, 0) is 4.79 Å². The average Bonchev–Trinajstić information content (AvgIpc) is 2.93. The lowest BCUT2D eigenvalue weighted by Crippen LogP contribution is -2.29. The first kappa shape index (κ1) is 16.2. The molecular weight excluding hydrogens is 258 g/mol. The maximum Gasteiger partial charge on any atom is 0.286 e. The molecule has 1 heterocycles. The number of amides is 2. The topological polar surface area (TPSA) is 74.6 Å². The molecule has 2 amide bonds. The van der Waals surface area contributed by atoms with Crippen molar-refractivity contribution < 1.29 is 14.0 Å². The van der Waals surface area contributed by atoms with E-state index in [-0.39, 0.29) is 17.6 Å². The maximum atomic E-state index is 11.5. The molecule has 6 heteroatoms. The van der Waals surface area contributed by atoms with Crippen molar-refractivity contribution in [1.82, 2.24) is 15.5 Å². The molecule has 0 saturated carbocycles. The molecule has 1 aromatic heterocycles. The lowest BCUT2D eigenvalue weighted by atomic mass is 10.3. The summed E-state index contributed by atoms with van der Waals surface area (Å²) in [4.78, 5) is 25.1. The first-order valence-electron chi connectivity index (χ1n) is 6.82. The van der Waals surface area contributed by atoms with Crippen LogP contribution in [0.2, 0.25) is 0 Å². The fourth-order valence-electron chi connectivity index (χ4n) is 1.66. The summed E-state index contributed by atoms with van der Waals surface area (Å²) < 4.78 is 4.96. The van der Waals surface area contributed by atoms with E-state index < -0.39 is 0 Å². The zero-order valence-corrected chi connectivity index (χ0v) is 12.1. The zero-order chi connectivity index (χ0) is 14.8. The molecule has 0 bridgehead atoms. The van der Waals surface area contributed by atoms with Crippen molar-refractivity contribution >= 4 is 11.8 Å². The Hall–Kier alpha value is -1.82. The molecule has 0 aromatic carbocycles. The minimum Gasteiger partial charge on any atom is -0.459 e. The van der Waals surface area contributed by atoms with Gasteiger partial charge in [-0.3, -0.25) is 9.59 Å². The Morgan fingerprint density at radius 3 is 2.60 bits per heavy atom. The summed E-state index contributed by atoms with van der Waals surface area (Å²) in [7, 11) is 4.01. The van der Waals surface area contributed by atoms with Gasteiger partial charge in [0.25, 0.3) is 5.91 Å². The molecule has 6 nitrogen and oxygen atoms in total. The van der Waals surface area contributed by atoms with Crippen LogP contribution in [0.5, 0.6) is 0 Å². The van der Waals surface area contributed by atoms with Gasteiger partial charge in [0.15, 0.2) is 5.76 Å². The summed E-state index contributed by atoms with van der Waals surface area (Å²) in [6.45, 7) is 2.11. The zero-order valence-electron chi connectivity index (χ0n) is 12.1. The molecule has 0 aliphatic heterocycles. The van der Waals surface area contributed by atoms with E-state index in [0.717, 1.165) is 13.0 Å². The van der Waals surface area contributed by atoms with E-state index in [2.05, 4.69) is 15.5 Å². The van der Waals surface area contributed by atoms with Gasteiger partial charge in [0.2, 0.25) is 5.91 Å². The highest BCUT2D eigenvalue weighted by Gasteiger charge is 2.07. The second-order valence-corrected chi connectivity index (χ2v) is 4.84. The molecule has 0 unspecified atom stereocenters. The van der Waals surface area contributed by atoms with Crippen molar-refractivity contribution in [2.75, 3.05) is 33.7 Å². The maximum absolute atomic E-state index is 11.5. The number of nitrogens with one attached hydrogen (secondary N) is 2. The predicted octanol–water partition coefficient (Wildman–Crippen LogP) is 0.858. The third kappa shape index (κ3) is 6.94. The highest BCUT2D eigenvalue weighted by molar-refractivity contribution is 5.91. The predicted molar refractivity (Wildman–Crippen MR) is 76.5 cm³/mol. The van der Waals surface area contributed by atoms with Crippen LogP contribution in [-0.4, -0.2) is 50.4 Å². The van der Waals surface area contributed by atoms with Gasteiger partial charge in [0.05, 0.1) is 6.26 Å². The summed E-state index contributed by atoms with van der Waals surface area (Å²) in [5.41, 5.74) is 0. The molecule has 0 aliphatic carbocycles. The van der Waals surface area contributed by atoms with Crippen LogP contribution in [0.1, 0.15) is 29.8 Å². The quantitative estimate of drug-likeness (QED) is 0.658. The highest BCUT2D eigenvalue weighted by atomic mass is 16.3. The van der Waals surface area contributed by atoms with Gasteiger partial charge in [-0.1, -0.05) is 0 Å². The molecule has 0 atom stereocenters. The summed E-state index contributed by atoms with van der Waals surface area (Å²) >= 11 is 0. The van der Waals surface area contributed by atoms with Crippen molar-refractivity contribution in [2.45, 2.75) is 19.3 Å². The number of hydrogen-bond acceptors (Lipinski definition) is 4. The van der Waals surface area contributed by atoms with Crippen LogP contribution < -0.4 is 10.6 Å². The number of nitrogens with zero attached hydrogens (tertiary/aromatic N) is 1. The number of hydrogen-bond donors (Lipinski definition) is 2. The minimum absolute atomic E-state index is 0.0241. The van der Waals surface area contributed by atoms with E-state index in [9.17, 15) is 9.59 Å². The number of furan rings is 1. The van der Waals surface area contributed by atoms with Crippen molar-refractivity contribution in [3.05, 3.63) is 24.2 Å². The van der Waals surface area contributed by atoms with E-state index in [0.29, 0.717) is 25.9 Å². The molecule has 2 N–H and O–H groups in total. The monoisotopic (exact) mass is 281 g/mol. The Morgan fingerprint density at radius 2 is 1.95 bits per heavy atom. The fourth-order valence-corrected chi connectivity index (χ4v) is 1.66. The van der Waals surface area contributed by atoms with Gasteiger partial charge in [-0.05, 0) is 45.6 Å². The first-order chi connectivity index (χ1) is 9.59. The summed E-state index contributed by atoms with van der Waals surface area (Å²) in [5, 5.41) is 5.56. The Kier molecular flexibility index (Phi) is 7.42. The number of rotatable bonds is 9. The molecule has 0 aliphatic rings. The average molecular weight is 281 g/mol. The normalized spacial score (nSPS) is 10.6. The lowest BCUT2D eigenvalue weighted by Gasteiger charge is -2.09. The number of carbonyl (C=O) groups is 2. The van der Waals surface area contributed by atoms with Crippen molar-refractivity contribution in [1.29, 1.82) is 0 Å². The van der Waals surface area contributed by atoms with E-state index in [1.54, 1.807) is 12.1 Å². The third-order valence-electron chi connectivity index (χ3n) is 2.72. The molecule has 20 heavy (non-hydrogen) atoms. The summed E-state index contributed by atoms with van der Waals surface area (Å²) in [5.74, 6) is 0.0653. The Bertz CT molecular complexity index is 402. The molecule has 0 radical (unpaired) electrons. The molecule has 0 saturated heterocycles. The van der Waals surface area contributed by atoms with Gasteiger partial charge in [0, 0.05) is 19.5 Å². The Labute approximate surface area is 119 Å². The Balaban J connectivity index is 2.00. The second kappa shape index (κ2) is 9.14. The van der Waals surface area contributed by atoms with Crippen molar-refractivity contribution in [3.63, 3.8) is 0 Å². The van der Waals surface area contributed by atoms with Crippen LogP contribution in [0.25, 0.3) is 0 Å².